The Balaban J connectivity index is 1.34. The van der Waals surface area contributed by atoms with Crippen LogP contribution in [-0.2, 0) is 0 Å². The van der Waals surface area contributed by atoms with Crippen molar-refractivity contribution in [2.45, 2.75) is 27.7 Å². The Hall–Kier alpha value is -3.30. The van der Waals surface area contributed by atoms with Crippen molar-refractivity contribution in [2.75, 3.05) is 12.3 Å². The number of hydrogen-bond acceptors (Lipinski definition) is 0. The van der Waals surface area contributed by atoms with Gasteiger partial charge in [-0.05, 0) is 96.7 Å². The summed E-state index contributed by atoms with van der Waals surface area (Å²) in [5, 5.41) is 6.72. The monoisotopic (exact) mass is 578 g/mol. The van der Waals surface area contributed by atoms with Crippen molar-refractivity contribution in [3.8, 4) is 0 Å². The van der Waals surface area contributed by atoms with Crippen molar-refractivity contribution in [3.05, 3.63) is 165 Å². The van der Waals surface area contributed by atoms with Gasteiger partial charge >= 0.3 is 0 Å². The Kier molecular flexibility index (Phi) is 6.02. The summed E-state index contributed by atoms with van der Waals surface area (Å²) >= 11 is 0. The summed E-state index contributed by atoms with van der Waals surface area (Å²) in [5.74, 6) is 0. The van der Waals surface area contributed by atoms with Crippen LogP contribution in [0.3, 0.4) is 0 Å². The maximum absolute atomic E-state index is 2.55. The molecule has 8 rings (SSSR count). The van der Waals surface area contributed by atoms with Crippen molar-refractivity contribution in [2.24, 2.45) is 10.8 Å². The summed E-state index contributed by atoms with van der Waals surface area (Å²) < 4.78 is 0. The lowest BCUT2D eigenvalue weighted by Crippen LogP contribution is -2.20. The second kappa shape index (κ2) is 9.61. The van der Waals surface area contributed by atoms with E-state index in [2.05, 4.69) is 149 Å². The van der Waals surface area contributed by atoms with Crippen LogP contribution in [0.4, 0.5) is 0 Å². The lowest BCUT2D eigenvalue weighted by molar-refractivity contribution is 0.623. The highest BCUT2D eigenvalue weighted by atomic mass is 31.1. The maximum atomic E-state index is 2.55. The van der Waals surface area contributed by atoms with Gasteiger partial charge < -0.3 is 0 Å². The third kappa shape index (κ3) is 3.56. The van der Waals surface area contributed by atoms with Gasteiger partial charge in [0.15, 0.2) is 0 Å². The number of allylic oxidation sites excluding steroid dienone is 6. The van der Waals surface area contributed by atoms with Gasteiger partial charge in [0.2, 0.25) is 0 Å². The fraction of sp³-hybridized carbons (Fsp3) is 0.200. The van der Waals surface area contributed by atoms with Crippen LogP contribution in [0.2, 0.25) is 0 Å². The highest BCUT2D eigenvalue weighted by Crippen LogP contribution is 2.87. The van der Waals surface area contributed by atoms with E-state index in [1.165, 1.54) is 34.6 Å². The number of fused-ring (bicyclic) bond motifs is 4. The summed E-state index contributed by atoms with van der Waals surface area (Å²) in [7, 11) is -0.912. The molecule has 4 atom stereocenters. The quantitative estimate of drug-likeness (QED) is 0.207. The molecule has 4 aromatic rings. The van der Waals surface area contributed by atoms with Crippen molar-refractivity contribution in [1.29, 1.82) is 0 Å². The third-order valence-electron chi connectivity index (χ3n) is 10.4. The normalized spacial score (nSPS) is 28.1. The zero-order chi connectivity index (χ0) is 28.6. The van der Waals surface area contributed by atoms with Gasteiger partial charge in [0, 0.05) is 10.8 Å². The second-order valence-corrected chi connectivity index (χ2v) is 16.8. The first-order valence-electron chi connectivity index (χ1n) is 15.1. The van der Waals surface area contributed by atoms with Gasteiger partial charge in [0.25, 0.3) is 0 Å². The molecule has 42 heavy (non-hydrogen) atoms. The molecule has 0 saturated carbocycles. The van der Waals surface area contributed by atoms with Crippen LogP contribution in [0.1, 0.15) is 49.9 Å². The van der Waals surface area contributed by atoms with Gasteiger partial charge in [-0.1, -0.05) is 146 Å². The highest BCUT2D eigenvalue weighted by molar-refractivity contribution is 7.79. The third-order valence-corrected chi connectivity index (χ3v) is 16.7. The van der Waals surface area contributed by atoms with Crippen LogP contribution in [0.5, 0.6) is 0 Å². The average molecular weight is 579 g/mol. The van der Waals surface area contributed by atoms with Gasteiger partial charge in [-0.25, -0.2) is 0 Å². The molecule has 4 heterocycles. The molecule has 2 heteroatoms. The molecule has 4 aliphatic rings. The fourth-order valence-electron chi connectivity index (χ4n) is 8.19. The molecule has 0 N–H and O–H groups in total. The molecular weight excluding hydrogens is 542 g/mol. The summed E-state index contributed by atoms with van der Waals surface area (Å²) in [4.78, 5) is 0. The van der Waals surface area contributed by atoms with E-state index >= 15 is 0 Å². The Morgan fingerprint density at radius 2 is 0.690 bits per heavy atom. The van der Waals surface area contributed by atoms with Crippen LogP contribution >= 0.6 is 15.8 Å². The molecule has 4 bridgehead atoms. The SMILES string of the molecule is CC1=C(C2=C(C)[C@@]3(C)C[P@]2C(c2ccccc2)=C3c2ccccc2)[P@]2C[C@@]1(C)C(c1ccccc1)=C2c1ccccc1. The molecule has 0 amide bonds. The molecule has 0 radical (unpaired) electrons. The van der Waals surface area contributed by atoms with E-state index in [1.54, 1.807) is 43.5 Å². The average Bonchev–Trinajstić information content (AvgIpc) is 3.69. The van der Waals surface area contributed by atoms with Crippen molar-refractivity contribution in [1.82, 2.24) is 0 Å². The molecule has 0 nitrogen and oxygen atoms in total. The van der Waals surface area contributed by atoms with Gasteiger partial charge in [-0.3, -0.25) is 0 Å². The van der Waals surface area contributed by atoms with Crippen LogP contribution in [-0.4, -0.2) is 12.3 Å². The fourth-order valence-corrected chi connectivity index (χ4v) is 16.4. The summed E-state index contributed by atoms with van der Waals surface area (Å²) in [6.45, 7) is 10.1. The van der Waals surface area contributed by atoms with E-state index in [4.69, 9.17) is 0 Å². The van der Waals surface area contributed by atoms with Crippen molar-refractivity contribution < 1.29 is 0 Å². The molecule has 4 aromatic carbocycles. The molecule has 0 saturated heterocycles. The predicted molar refractivity (Wildman–Crippen MR) is 185 cm³/mol. The Bertz CT molecular complexity index is 1710. The van der Waals surface area contributed by atoms with Gasteiger partial charge in [-0.2, -0.15) is 0 Å². The highest BCUT2D eigenvalue weighted by Gasteiger charge is 2.58. The van der Waals surface area contributed by atoms with E-state index < -0.39 is 15.8 Å². The minimum atomic E-state index is -0.456. The zero-order valence-electron chi connectivity index (χ0n) is 24.9. The molecular formula is C40H36P2. The van der Waals surface area contributed by atoms with Gasteiger partial charge in [-0.15, -0.1) is 0 Å². The molecule has 0 unspecified atom stereocenters. The molecule has 206 valence electrons. The number of hydrogen-bond donors (Lipinski definition) is 0. The Morgan fingerprint density at radius 1 is 0.405 bits per heavy atom. The van der Waals surface area contributed by atoms with Gasteiger partial charge in [0.1, 0.15) is 0 Å². The second-order valence-electron chi connectivity index (χ2n) is 12.7. The topological polar surface area (TPSA) is 0 Å². The van der Waals surface area contributed by atoms with E-state index in [0.29, 0.717) is 0 Å². The molecule has 4 aliphatic heterocycles. The number of benzene rings is 4. The predicted octanol–water partition coefficient (Wildman–Crippen LogP) is 11.7. The first-order chi connectivity index (χ1) is 20.4. The van der Waals surface area contributed by atoms with E-state index in [1.807, 2.05) is 0 Å². The molecule has 0 spiro atoms. The van der Waals surface area contributed by atoms with E-state index in [0.717, 1.165) is 0 Å². The Labute approximate surface area is 253 Å². The summed E-state index contributed by atoms with van der Waals surface area (Å²) in [6.07, 6.45) is 2.48. The van der Waals surface area contributed by atoms with Gasteiger partial charge in [0.05, 0.1) is 0 Å². The first-order valence-corrected chi connectivity index (χ1v) is 18.2. The van der Waals surface area contributed by atoms with Crippen molar-refractivity contribution in [3.63, 3.8) is 0 Å². The lowest BCUT2D eigenvalue weighted by atomic mass is 9.72. The van der Waals surface area contributed by atoms with Crippen LogP contribution < -0.4 is 0 Å². The minimum Gasteiger partial charge on any atom is -0.0622 e. The van der Waals surface area contributed by atoms with E-state index in [-0.39, 0.29) is 10.8 Å². The maximum Gasteiger partial charge on any atom is 0.0198 e. The van der Waals surface area contributed by atoms with Crippen LogP contribution in [0.25, 0.3) is 21.8 Å². The standard InChI is InChI=1S/C40H36P2/c1-27-35(41-25-39(27,3)33(29-17-9-5-10-18-29)37(41)31-21-13-7-14-22-31)36-28(2)40(4)26-42(36)38(32-23-15-8-16-24-32)34(40)30-19-11-6-12-20-30/h5-24H,25-26H2,1-4H3/t39-,40-,41+,42+/m1/s1. The summed E-state index contributed by atoms with van der Waals surface area (Å²) in [5.41, 5.74) is 12.2. The molecule has 0 fully saturated rings. The number of rotatable bonds is 5. The van der Waals surface area contributed by atoms with Crippen LogP contribution in [0.15, 0.2) is 143 Å². The Morgan fingerprint density at radius 3 is 1.00 bits per heavy atom. The van der Waals surface area contributed by atoms with Crippen molar-refractivity contribution >= 4 is 37.6 Å². The molecule has 0 aliphatic carbocycles. The minimum absolute atomic E-state index is 0.0684. The van der Waals surface area contributed by atoms with E-state index in [9.17, 15) is 0 Å². The lowest BCUT2D eigenvalue weighted by Gasteiger charge is -2.36. The first kappa shape index (κ1) is 26.3. The largest absolute Gasteiger partial charge is 0.0622 e. The zero-order valence-corrected chi connectivity index (χ0v) is 26.6. The smallest absolute Gasteiger partial charge is 0.0198 e. The molecule has 0 aromatic heterocycles. The van der Waals surface area contributed by atoms with Crippen LogP contribution in [0, 0.1) is 10.8 Å². The summed E-state index contributed by atoms with van der Waals surface area (Å²) in [6, 6.07) is 45.1.